The molecule has 3 amide bonds. The number of hydrogen-bond acceptors (Lipinski definition) is 3. The summed E-state index contributed by atoms with van der Waals surface area (Å²) in [5.41, 5.74) is 0.932. The van der Waals surface area contributed by atoms with Gasteiger partial charge < -0.3 is 16.0 Å². The first-order valence-electron chi connectivity index (χ1n) is 7.94. The lowest BCUT2D eigenvalue weighted by Crippen LogP contribution is -2.34. The number of carbonyl (C=O) groups excluding carboxylic acids is 3. The first kappa shape index (κ1) is 17.7. The number of benzene rings is 1. The molecule has 1 fully saturated rings. The van der Waals surface area contributed by atoms with Crippen LogP contribution >= 0.6 is 0 Å². The quantitative estimate of drug-likeness (QED) is 0.696. The van der Waals surface area contributed by atoms with Crippen molar-refractivity contribution in [3.63, 3.8) is 0 Å². The largest absolute Gasteiger partial charge is 0.352 e. The van der Waals surface area contributed by atoms with Crippen LogP contribution in [0.5, 0.6) is 0 Å². The molecule has 0 aromatic heterocycles. The van der Waals surface area contributed by atoms with E-state index in [0.717, 1.165) is 6.42 Å². The van der Waals surface area contributed by atoms with Gasteiger partial charge in [0.25, 0.3) is 5.91 Å². The lowest BCUT2D eigenvalue weighted by atomic mass is 9.94. The maximum absolute atomic E-state index is 12.1. The molecule has 1 saturated heterocycles. The van der Waals surface area contributed by atoms with Gasteiger partial charge in [-0.15, -0.1) is 0 Å². The van der Waals surface area contributed by atoms with Crippen LogP contribution in [0.1, 0.15) is 37.0 Å². The van der Waals surface area contributed by atoms with Crippen molar-refractivity contribution >= 4 is 23.4 Å². The van der Waals surface area contributed by atoms with Gasteiger partial charge in [0.15, 0.2) is 0 Å². The second-order valence-electron chi connectivity index (χ2n) is 6.59. The summed E-state index contributed by atoms with van der Waals surface area (Å²) in [6, 6.07) is 6.59. The van der Waals surface area contributed by atoms with E-state index in [-0.39, 0.29) is 29.2 Å². The average molecular weight is 329 g/mol. The van der Waals surface area contributed by atoms with E-state index < -0.39 is 0 Å². The molecule has 1 aromatic carbocycles. The molecule has 1 aromatic rings. The Bertz CT molecular complexity index is 650. The summed E-state index contributed by atoms with van der Waals surface area (Å²) in [4.78, 5) is 35.1. The van der Waals surface area contributed by atoms with Crippen LogP contribution in [0.4, 0.5) is 5.69 Å². The summed E-state index contributed by atoms with van der Waals surface area (Å²) >= 11 is 0. The number of carbonyl (C=O) groups is 3. The van der Waals surface area contributed by atoms with Crippen LogP contribution in [-0.2, 0) is 9.59 Å². The van der Waals surface area contributed by atoms with Gasteiger partial charge in [-0.2, -0.15) is 0 Å². The highest BCUT2D eigenvalue weighted by Crippen LogP contribution is 2.26. The molecule has 1 unspecified atom stereocenters. The molecule has 6 heteroatoms. The lowest BCUT2D eigenvalue weighted by Gasteiger charge is -2.16. The third kappa shape index (κ3) is 4.68. The van der Waals surface area contributed by atoms with Crippen LogP contribution in [0.3, 0.4) is 0 Å². The van der Waals surface area contributed by atoms with E-state index in [4.69, 9.17) is 0 Å². The minimum Gasteiger partial charge on any atom is -0.352 e. The van der Waals surface area contributed by atoms with Crippen LogP contribution in [0.25, 0.3) is 0 Å². The summed E-state index contributed by atoms with van der Waals surface area (Å²) in [5.74, 6) is -0.507. The van der Waals surface area contributed by atoms with Gasteiger partial charge in [-0.1, -0.05) is 6.58 Å². The molecular formula is C18H23N3O3. The van der Waals surface area contributed by atoms with Gasteiger partial charge in [-0.3, -0.25) is 14.4 Å². The van der Waals surface area contributed by atoms with Gasteiger partial charge in [0.1, 0.15) is 0 Å². The van der Waals surface area contributed by atoms with E-state index in [0.29, 0.717) is 24.2 Å². The van der Waals surface area contributed by atoms with Crippen molar-refractivity contribution in [3.05, 3.63) is 42.5 Å². The fraction of sp³-hybridized carbons (Fsp3) is 0.389. The third-order valence-corrected chi connectivity index (χ3v) is 3.97. The van der Waals surface area contributed by atoms with E-state index in [1.54, 1.807) is 24.3 Å². The summed E-state index contributed by atoms with van der Waals surface area (Å²) in [6.07, 6.45) is 2.58. The SMILES string of the molecule is C=CC(=O)Nc1ccc(C(=O)NCCC2CC(C)(C)NC2=O)cc1. The van der Waals surface area contributed by atoms with Crippen molar-refractivity contribution in [3.8, 4) is 0 Å². The van der Waals surface area contributed by atoms with Gasteiger partial charge in [0, 0.05) is 29.3 Å². The second-order valence-corrected chi connectivity index (χ2v) is 6.59. The summed E-state index contributed by atoms with van der Waals surface area (Å²) in [6.45, 7) is 7.82. The number of anilines is 1. The Kier molecular flexibility index (Phi) is 5.39. The van der Waals surface area contributed by atoms with E-state index in [1.807, 2.05) is 13.8 Å². The van der Waals surface area contributed by atoms with Crippen molar-refractivity contribution in [1.29, 1.82) is 0 Å². The maximum atomic E-state index is 12.1. The summed E-state index contributed by atoms with van der Waals surface area (Å²) in [5, 5.41) is 8.39. The minimum atomic E-state index is -0.301. The van der Waals surface area contributed by atoms with Crippen LogP contribution in [0, 0.1) is 5.92 Å². The van der Waals surface area contributed by atoms with Gasteiger partial charge in [-0.25, -0.2) is 0 Å². The summed E-state index contributed by atoms with van der Waals surface area (Å²) < 4.78 is 0. The Balaban J connectivity index is 1.81. The standard InChI is InChI=1S/C18H23N3O3/c1-4-15(22)20-14-7-5-12(6-8-14)16(23)19-10-9-13-11-18(2,3)21-17(13)24/h4-8,13H,1,9-11H2,2-3H3,(H,19,23)(H,20,22)(H,21,24). The number of rotatable bonds is 6. The topological polar surface area (TPSA) is 87.3 Å². The van der Waals surface area contributed by atoms with Gasteiger partial charge in [0.05, 0.1) is 0 Å². The lowest BCUT2D eigenvalue weighted by molar-refractivity contribution is -0.123. The summed E-state index contributed by atoms with van der Waals surface area (Å²) in [7, 11) is 0. The minimum absolute atomic E-state index is 0.0524. The first-order chi connectivity index (χ1) is 11.3. The number of amides is 3. The molecule has 3 N–H and O–H groups in total. The molecule has 1 heterocycles. The van der Waals surface area contributed by atoms with Crippen molar-refractivity contribution in [1.82, 2.24) is 10.6 Å². The van der Waals surface area contributed by atoms with Crippen LogP contribution in [0.15, 0.2) is 36.9 Å². The van der Waals surface area contributed by atoms with E-state index in [9.17, 15) is 14.4 Å². The highest BCUT2D eigenvalue weighted by atomic mass is 16.2. The van der Waals surface area contributed by atoms with Crippen molar-refractivity contribution in [2.24, 2.45) is 5.92 Å². The van der Waals surface area contributed by atoms with E-state index in [2.05, 4.69) is 22.5 Å². The maximum Gasteiger partial charge on any atom is 0.251 e. The van der Waals surface area contributed by atoms with Crippen LogP contribution < -0.4 is 16.0 Å². The Morgan fingerprint density at radius 3 is 2.54 bits per heavy atom. The Labute approximate surface area is 141 Å². The Hall–Kier alpha value is -2.63. The van der Waals surface area contributed by atoms with E-state index in [1.165, 1.54) is 6.08 Å². The second kappa shape index (κ2) is 7.29. The molecule has 0 saturated carbocycles. The predicted molar refractivity (Wildman–Crippen MR) is 92.5 cm³/mol. The Morgan fingerprint density at radius 2 is 2.00 bits per heavy atom. The van der Waals surface area contributed by atoms with Gasteiger partial charge in [0.2, 0.25) is 11.8 Å². The molecule has 0 aliphatic carbocycles. The molecule has 6 nitrogen and oxygen atoms in total. The predicted octanol–water partition coefficient (Wildman–Crippen LogP) is 1.85. The zero-order valence-corrected chi connectivity index (χ0v) is 14.0. The molecule has 0 radical (unpaired) electrons. The molecule has 128 valence electrons. The van der Waals surface area contributed by atoms with Crippen molar-refractivity contribution < 1.29 is 14.4 Å². The molecule has 1 atom stereocenters. The molecule has 1 aliphatic rings. The van der Waals surface area contributed by atoms with Crippen LogP contribution in [-0.4, -0.2) is 29.8 Å². The van der Waals surface area contributed by atoms with E-state index >= 15 is 0 Å². The molecule has 0 bridgehead atoms. The zero-order valence-electron chi connectivity index (χ0n) is 14.0. The van der Waals surface area contributed by atoms with Gasteiger partial charge in [-0.05, 0) is 57.0 Å². The number of nitrogens with one attached hydrogen (secondary N) is 3. The zero-order chi connectivity index (χ0) is 17.7. The Morgan fingerprint density at radius 1 is 1.33 bits per heavy atom. The average Bonchev–Trinajstić information content (AvgIpc) is 2.80. The fourth-order valence-corrected chi connectivity index (χ4v) is 2.79. The highest BCUT2D eigenvalue weighted by molar-refractivity contribution is 5.99. The van der Waals surface area contributed by atoms with Crippen LogP contribution in [0.2, 0.25) is 0 Å². The smallest absolute Gasteiger partial charge is 0.251 e. The molecular weight excluding hydrogens is 306 g/mol. The molecule has 0 spiro atoms. The first-order valence-corrected chi connectivity index (χ1v) is 7.94. The fourth-order valence-electron chi connectivity index (χ4n) is 2.79. The van der Waals surface area contributed by atoms with Gasteiger partial charge >= 0.3 is 0 Å². The molecule has 24 heavy (non-hydrogen) atoms. The highest BCUT2D eigenvalue weighted by Gasteiger charge is 2.36. The normalized spacial score (nSPS) is 18.6. The van der Waals surface area contributed by atoms with Crippen molar-refractivity contribution in [2.45, 2.75) is 32.2 Å². The molecule has 2 rings (SSSR count). The van der Waals surface area contributed by atoms with Crippen molar-refractivity contribution in [2.75, 3.05) is 11.9 Å². The monoisotopic (exact) mass is 329 g/mol. The third-order valence-electron chi connectivity index (χ3n) is 3.97. The number of hydrogen-bond donors (Lipinski definition) is 3. The molecule has 1 aliphatic heterocycles.